The first kappa shape index (κ1) is 16.1. The standard InChI is InChI=1S/C17H9ClF2O4/c18-10-4-5-14-11(6-10)13(21)7-15(24-14)17(22)23-8-9-2-1-3-12(19)16(9)20/h1-7H,8H2. The highest BCUT2D eigenvalue weighted by Gasteiger charge is 2.16. The summed E-state index contributed by atoms with van der Waals surface area (Å²) in [4.78, 5) is 24.0. The van der Waals surface area contributed by atoms with Crippen LogP contribution in [0.5, 0.6) is 0 Å². The fraction of sp³-hybridized carbons (Fsp3) is 0.0588. The van der Waals surface area contributed by atoms with Gasteiger partial charge in [-0.25, -0.2) is 13.6 Å². The van der Waals surface area contributed by atoms with Gasteiger partial charge in [0.15, 0.2) is 17.1 Å². The minimum atomic E-state index is -1.10. The van der Waals surface area contributed by atoms with Crippen molar-refractivity contribution in [3.05, 3.63) is 80.7 Å². The van der Waals surface area contributed by atoms with Gasteiger partial charge in [-0.15, -0.1) is 0 Å². The first-order chi connectivity index (χ1) is 11.5. The summed E-state index contributed by atoms with van der Waals surface area (Å²) < 4.78 is 36.8. The van der Waals surface area contributed by atoms with Crippen molar-refractivity contribution < 1.29 is 22.7 Å². The number of ether oxygens (including phenoxy) is 1. The van der Waals surface area contributed by atoms with Gasteiger partial charge in [-0.1, -0.05) is 23.7 Å². The van der Waals surface area contributed by atoms with Gasteiger partial charge in [0, 0.05) is 16.7 Å². The number of carbonyl (C=O) groups excluding carboxylic acids is 1. The van der Waals surface area contributed by atoms with E-state index in [0.29, 0.717) is 5.02 Å². The molecule has 4 nitrogen and oxygen atoms in total. The van der Waals surface area contributed by atoms with Gasteiger partial charge in [-0.2, -0.15) is 0 Å². The van der Waals surface area contributed by atoms with Crippen LogP contribution in [0.25, 0.3) is 11.0 Å². The second-order valence-electron chi connectivity index (χ2n) is 4.90. The van der Waals surface area contributed by atoms with Gasteiger partial charge < -0.3 is 9.15 Å². The van der Waals surface area contributed by atoms with E-state index in [1.807, 2.05) is 0 Å². The topological polar surface area (TPSA) is 56.5 Å². The molecule has 122 valence electrons. The molecule has 0 aliphatic heterocycles. The molecule has 0 saturated heterocycles. The van der Waals surface area contributed by atoms with E-state index in [1.165, 1.54) is 30.3 Å². The van der Waals surface area contributed by atoms with Crippen molar-refractivity contribution in [3.8, 4) is 0 Å². The Kier molecular flexibility index (Phi) is 4.31. The minimum Gasteiger partial charge on any atom is -0.455 e. The lowest BCUT2D eigenvalue weighted by Gasteiger charge is -2.06. The monoisotopic (exact) mass is 350 g/mol. The summed E-state index contributed by atoms with van der Waals surface area (Å²) in [5.74, 6) is -3.45. The zero-order valence-electron chi connectivity index (χ0n) is 12.0. The normalized spacial score (nSPS) is 10.8. The molecule has 1 aromatic heterocycles. The molecule has 0 spiro atoms. The van der Waals surface area contributed by atoms with Crippen molar-refractivity contribution in [2.75, 3.05) is 0 Å². The molecule has 7 heteroatoms. The van der Waals surface area contributed by atoms with Crippen LogP contribution < -0.4 is 5.43 Å². The third-order valence-electron chi connectivity index (χ3n) is 3.28. The molecule has 0 amide bonds. The molecule has 3 aromatic rings. The van der Waals surface area contributed by atoms with Gasteiger partial charge in [0.05, 0.1) is 5.39 Å². The molecule has 0 bridgehead atoms. The molecular formula is C17H9ClF2O4. The van der Waals surface area contributed by atoms with Gasteiger partial charge in [-0.05, 0) is 24.3 Å². The number of fused-ring (bicyclic) bond motifs is 1. The summed E-state index contributed by atoms with van der Waals surface area (Å²) in [6.45, 7) is -0.495. The molecule has 0 N–H and O–H groups in total. The fourth-order valence-electron chi connectivity index (χ4n) is 2.10. The van der Waals surface area contributed by atoms with E-state index in [4.69, 9.17) is 20.8 Å². The highest BCUT2D eigenvalue weighted by atomic mass is 35.5. The molecule has 0 aliphatic rings. The van der Waals surface area contributed by atoms with E-state index in [2.05, 4.69) is 0 Å². The van der Waals surface area contributed by atoms with Crippen molar-refractivity contribution in [3.63, 3.8) is 0 Å². The van der Waals surface area contributed by atoms with Gasteiger partial charge >= 0.3 is 5.97 Å². The number of benzene rings is 2. The molecule has 0 atom stereocenters. The Morgan fingerprint density at radius 2 is 1.96 bits per heavy atom. The molecular weight excluding hydrogens is 342 g/mol. The number of hydrogen-bond donors (Lipinski definition) is 0. The number of rotatable bonds is 3. The number of hydrogen-bond acceptors (Lipinski definition) is 4. The molecule has 2 aromatic carbocycles. The number of halogens is 3. The third kappa shape index (κ3) is 3.14. The number of carbonyl (C=O) groups is 1. The molecule has 0 saturated carbocycles. The maximum absolute atomic E-state index is 13.5. The average molecular weight is 351 g/mol. The van der Waals surface area contributed by atoms with Gasteiger partial charge in [0.2, 0.25) is 5.76 Å². The Balaban J connectivity index is 1.85. The maximum atomic E-state index is 13.5. The quantitative estimate of drug-likeness (QED) is 0.668. The Labute approximate surface area is 139 Å². The Hall–Kier alpha value is -2.73. The highest BCUT2D eigenvalue weighted by molar-refractivity contribution is 6.31. The molecule has 24 heavy (non-hydrogen) atoms. The summed E-state index contributed by atoms with van der Waals surface area (Å²) >= 11 is 5.80. The SMILES string of the molecule is O=C(OCc1cccc(F)c1F)c1cc(=O)c2cc(Cl)ccc2o1. The van der Waals surface area contributed by atoms with Crippen LogP contribution in [-0.4, -0.2) is 5.97 Å². The summed E-state index contributed by atoms with van der Waals surface area (Å²) in [7, 11) is 0. The predicted octanol–water partition coefficient (Wildman–Crippen LogP) is 4.08. The second kappa shape index (κ2) is 6.41. The minimum absolute atomic E-state index is 0.127. The van der Waals surface area contributed by atoms with E-state index in [-0.39, 0.29) is 22.3 Å². The predicted molar refractivity (Wildman–Crippen MR) is 83.0 cm³/mol. The Morgan fingerprint density at radius 3 is 2.75 bits per heavy atom. The van der Waals surface area contributed by atoms with Crippen molar-refractivity contribution >= 4 is 28.5 Å². The maximum Gasteiger partial charge on any atom is 0.374 e. The van der Waals surface area contributed by atoms with Gasteiger partial charge in [-0.3, -0.25) is 4.79 Å². The summed E-state index contributed by atoms with van der Waals surface area (Å²) in [5, 5.41) is 0.571. The van der Waals surface area contributed by atoms with Crippen LogP contribution in [0.15, 0.2) is 51.7 Å². The van der Waals surface area contributed by atoms with Crippen molar-refractivity contribution in [1.29, 1.82) is 0 Å². The Bertz CT molecular complexity index is 998. The summed E-state index contributed by atoms with van der Waals surface area (Å²) in [6.07, 6.45) is 0. The van der Waals surface area contributed by atoms with Crippen LogP contribution in [0.4, 0.5) is 8.78 Å². The summed E-state index contributed by atoms with van der Waals surface area (Å²) in [5.41, 5.74) is -0.434. The molecule has 0 fully saturated rings. The summed E-state index contributed by atoms with van der Waals surface area (Å²) in [6, 6.07) is 8.86. The van der Waals surface area contributed by atoms with Crippen LogP contribution >= 0.6 is 11.6 Å². The fourth-order valence-corrected chi connectivity index (χ4v) is 2.28. The van der Waals surface area contributed by atoms with Crippen LogP contribution in [-0.2, 0) is 11.3 Å². The lowest BCUT2D eigenvalue weighted by Crippen LogP contribution is -2.11. The van der Waals surface area contributed by atoms with Crippen molar-refractivity contribution in [1.82, 2.24) is 0 Å². The average Bonchev–Trinajstić information content (AvgIpc) is 2.56. The zero-order valence-corrected chi connectivity index (χ0v) is 12.8. The first-order valence-electron chi connectivity index (χ1n) is 6.79. The lowest BCUT2D eigenvalue weighted by molar-refractivity contribution is 0.0432. The van der Waals surface area contributed by atoms with Crippen LogP contribution in [0.2, 0.25) is 5.02 Å². The zero-order chi connectivity index (χ0) is 17.3. The molecule has 0 aliphatic carbocycles. The van der Waals surface area contributed by atoms with E-state index in [9.17, 15) is 18.4 Å². The first-order valence-corrected chi connectivity index (χ1v) is 7.17. The van der Waals surface area contributed by atoms with Gasteiger partial charge in [0.1, 0.15) is 12.2 Å². The third-order valence-corrected chi connectivity index (χ3v) is 3.52. The van der Waals surface area contributed by atoms with Crippen LogP contribution in [0, 0.1) is 11.6 Å². The van der Waals surface area contributed by atoms with Crippen molar-refractivity contribution in [2.45, 2.75) is 6.61 Å². The van der Waals surface area contributed by atoms with E-state index in [0.717, 1.165) is 12.1 Å². The molecule has 1 heterocycles. The lowest BCUT2D eigenvalue weighted by atomic mass is 10.2. The van der Waals surface area contributed by atoms with E-state index < -0.39 is 29.6 Å². The van der Waals surface area contributed by atoms with E-state index >= 15 is 0 Å². The van der Waals surface area contributed by atoms with Crippen LogP contribution in [0.1, 0.15) is 16.1 Å². The van der Waals surface area contributed by atoms with E-state index in [1.54, 1.807) is 0 Å². The second-order valence-corrected chi connectivity index (χ2v) is 5.34. The number of esters is 1. The highest BCUT2D eigenvalue weighted by Crippen LogP contribution is 2.19. The van der Waals surface area contributed by atoms with Gasteiger partial charge in [0.25, 0.3) is 0 Å². The Morgan fingerprint density at radius 1 is 1.17 bits per heavy atom. The largest absolute Gasteiger partial charge is 0.455 e. The molecule has 0 unspecified atom stereocenters. The molecule has 3 rings (SSSR count). The molecule has 0 radical (unpaired) electrons. The van der Waals surface area contributed by atoms with Crippen LogP contribution in [0.3, 0.4) is 0 Å². The van der Waals surface area contributed by atoms with Crippen molar-refractivity contribution in [2.24, 2.45) is 0 Å². The smallest absolute Gasteiger partial charge is 0.374 e.